The van der Waals surface area contributed by atoms with Gasteiger partial charge in [-0.25, -0.2) is 27.7 Å². The Morgan fingerprint density at radius 3 is 2.42 bits per heavy atom. The monoisotopic (exact) mass is 660 g/mol. The fourth-order valence-electron chi connectivity index (χ4n) is 6.53. The molecule has 2 aromatic heterocycles. The number of hydrogen-bond acceptors (Lipinski definition) is 9. The van der Waals surface area contributed by atoms with Crippen LogP contribution >= 0.6 is 0 Å². The first-order valence-corrected chi connectivity index (χ1v) is 15.0. The number of halogens is 3. The van der Waals surface area contributed by atoms with Crippen LogP contribution in [0.5, 0.6) is 0 Å². The zero-order valence-corrected chi connectivity index (χ0v) is 25.5. The van der Waals surface area contributed by atoms with Crippen LogP contribution in [0.25, 0.3) is 11.0 Å². The molecule has 2 N–H and O–H groups in total. The van der Waals surface area contributed by atoms with Gasteiger partial charge in [0.2, 0.25) is 0 Å². The number of carbonyl (C=O) groups excluding carboxylic acids is 3. The summed E-state index contributed by atoms with van der Waals surface area (Å²) >= 11 is 0. The highest BCUT2D eigenvalue weighted by atomic mass is 19.3. The molecule has 3 aliphatic heterocycles. The van der Waals surface area contributed by atoms with E-state index in [-0.39, 0.29) is 53.7 Å². The van der Waals surface area contributed by atoms with Crippen LogP contribution in [0.15, 0.2) is 53.3 Å². The summed E-state index contributed by atoms with van der Waals surface area (Å²) in [5, 5.41) is 15.3. The van der Waals surface area contributed by atoms with Crippen molar-refractivity contribution in [3.8, 4) is 6.07 Å². The van der Waals surface area contributed by atoms with Crippen LogP contribution in [0.1, 0.15) is 33.2 Å². The van der Waals surface area contributed by atoms with E-state index in [0.29, 0.717) is 21.6 Å². The van der Waals surface area contributed by atoms with Crippen LogP contribution in [0.4, 0.5) is 35.3 Å². The van der Waals surface area contributed by atoms with E-state index >= 15 is 13.2 Å². The molecule has 3 atom stereocenters. The third-order valence-corrected chi connectivity index (χ3v) is 9.04. The number of aromatic nitrogens is 3. The molecule has 2 fully saturated rings. The third-order valence-electron chi connectivity index (χ3n) is 9.04. The Morgan fingerprint density at radius 2 is 1.77 bits per heavy atom. The number of hydrogen-bond donors (Lipinski definition) is 2. The Morgan fingerprint density at radius 1 is 1.06 bits per heavy atom. The quantitative estimate of drug-likeness (QED) is 0.297. The lowest BCUT2D eigenvalue weighted by Crippen LogP contribution is -2.64. The molecule has 16 heteroatoms. The number of anilines is 3. The standard InChI is InChI=1S/C32H27F3N8O5/c1-16-13-41(15-25(32(16,34)35)43-28(44)20-5-3-4-6-21(20)29(43)45)27-17(11-36)9-22(33)26(39-27)38-18-7-8-23-24(10-18)42(31(47)40(23)2)14-19-12-37-30(46)48-19/h3-10,16,19,25H,12-15H2,1-2H3,(H,37,46)(H,38,39)/t16-,19-,25+/m1/s1. The molecule has 3 amide bonds. The summed E-state index contributed by atoms with van der Waals surface area (Å²) in [6.07, 6.45) is -1.17. The number of rotatable bonds is 6. The average Bonchev–Trinajstić information content (AvgIpc) is 3.67. The predicted molar refractivity (Wildman–Crippen MR) is 165 cm³/mol. The summed E-state index contributed by atoms with van der Waals surface area (Å²) in [6.45, 7) is 0.694. The van der Waals surface area contributed by atoms with Crippen LogP contribution in [-0.2, 0) is 18.3 Å². The zero-order valence-electron chi connectivity index (χ0n) is 25.5. The number of alkyl halides is 2. The Hall–Kier alpha value is -5.85. The van der Waals surface area contributed by atoms with E-state index in [1.807, 2.05) is 6.07 Å². The molecule has 0 bridgehead atoms. The number of amides is 3. The van der Waals surface area contributed by atoms with Crippen LogP contribution in [-0.4, -0.2) is 74.6 Å². The molecule has 0 saturated carbocycles. The molecule has 3 aliphatic rings. The Kier molecular flexibility index (Phi) is 7.15. The van der Waals surface area contributed by atoms with E-state index < -0.39 is 54.3 Å². The molecule has 7 rings (SSSR count). The first kappa shape index (κ1) is 30.8. The number of imidazole rings is 1. The van der Waals surface area contributed by atoms with Crippen molar-refractivity contribution in [2.45, 2.75) is 31.5 Å². The van der Waals surface area contributed by atoms with Crippen molar-refractivity contribution in [3.05, 3.63) is 81.5 Å². The molecule has 5 heterocycles. The number of imide groups is 1. The first-order chi connectivity index (χ1) is 22.9. The van der Waals surface area contributed by atoms with E-state index in [1.165, 1.54) is 45.2 Å². The van der Waals surface area contributed by atoms with Crippen molar-refractivity contribution in [2.24, 2.45) is 13.0 Å². The highest BCUT2D eigenvalue weighted by Gasteiger charge is 2.57. The van der Waals surface area contributed by atoms with Gasteiger partial charge in [-0.05, 0) is 36.4 Å². The number of fused-ring (bicyclic) bond motifs is 2. The maximum Gasteiger partial charge on any atom is 0.407 e. The van der Waals surface area contributed by atoms with Crippen molar-refractivity contribution < 1.29 is 32.3 Å². The number of piperidine rings is 1. The number of nitriles is 1. The molecule has 0 aliphatic carbocycles. The lowest BCUT2D eigenvalue weighted by atomic mass is 9.89. The Bertz CT molecular complexity index is 2110. The van der Waals surface area contributed by atoms with Crippen molar-refractivity contribution in [1.82, 2.24) is 24.3 Å². The topological polar surface area (TPSA) is 155 Å². The molecule has 4 aromatic rings. The molecular formula is C32H27F3N8O5. The number of benzene rings is 2. The number of pyridine rings is 1. The van der Waals surface area contributed by atoms with Gasteiger partial charge < -0.3 is 20.3 Å². The molecule has 0 unspecified atom stereocenters. The highest BCUT2D eigenvalue weighted by Crippen LogP contribution is 2.41. The maximum absolute atomic E-state index is 15.7. The predicted octanol–water partition coefficient (Wildman–Crippen LogP) is 3.35. The number of nitrogens with zero attached hydrogens (tertiary/aromatic N) is 6. The number of aryl methyl sites for hydroxylation is 1. The summed E-state index contributed by atoms with van der Waals surface area (Å²) in [5.41, 5.74) is 0.776. The molecule has 2 aromatic carbocycles. The molecule has 13 nitrogen and oxygen atoms in total. The van der Waals surface area contributed by atoms with Crippen LogP contribution in [0, 0.1) is 23.1 Å². The average molecular weight is 661 g/mol. The smallest absolute Gasteiger partial charge is 0.407 e. The van der Waals surface area contributed by atoms with Crippen molar-refractivity contribution in [1.29, 1.82) is 5.26 Å². The molecule has 0 radical (unpaired) electrons. The molecule has 48 heavy (non-hydrogen) atoms. The van der Waals surface area contributed by atoms with Gasteiger partial charge in [0.25, 0.3) is 17.7 Å². The van der Waals surface area contributed by atoms with Crippen molar-refractivity contribution in [3.63, 3.8) is 0 Å². The highest BCUT2D eigenvalue weighted by molar-refractivity contribution is 6.21. The SMILES string of the molecule is C[C@@H]1CN(c2nc(Nc3ccc4c(c3)n(C[C@H]3CNC(=O)O3)c(=O)n4C)c(F)cc2C#N)C[C@H](N2C(=O)c3ccccc3C2=O)C1(F)F. The second-order valence-electron chi connectivity index (χ2n) is 12.0. The van der Waals surface area contributed by atoms with Crippen LogP contribution in [0.2, 0.25) is 0 Å². The number of ether oxygens (including phenoxy) is 1. The molecule has 0 spiro atoms. The van der Waals surface area contributed by atoms with E-state index in [2.05, 4.69) is 15.6 Å². The fourth-order valence-corrected chi connectivity index (χ4v) is 6.53. The van der Waals surface area contributed by atoms with Crippen molar-refractivity contribution in [2.75, 3.05) is 29.9 Å². The van der Waals surface area contributed by atoms with Crippen LogP contribution < -0.4 is 21.2 Å². The third kappa shape index (κ3) is 4.81. The van der Waals surface area contributed by atoms with E-state index in [0.717, 1.165) is 6.07 Å². The number of carbonyl (C=O) groups is 3. The molecule has 2 saturated heterocycles. The lowest BCUT2D eigenvalue weighted by Gasteiger charge is -2.45. The fraction of sp³-hybridized carbons (Fsp3) is 0.312. The summed E-state index contributed by atoms with van der Waals surface area (Å²) in [5.74, 6) is -7.91. The summed E-state index contributed by atoms with van der Waals surface area (Å²) < 4.78 is 54.9. The van der Waals surface area contributed by atoms with E-state index in [1.54, 1.807) is 25.2 Å². The van der Waals surface area contributed by atoms with Crippen molar-refractivity contribution >= 4 is 46.3 Å². The largest absolute Gasteiger partial charge is 0.442 e. The zero-order chi connectivity index (χ0) is 34.1. The van der Waals surface area contributed by atoms with Gasteiger partial charge in [0.05, 0.1) is 40.8 Å². The summed E-state index contributed by atoms with van der Waals surface area (Å²) in [4.78, 5) is 57.2. The minimum atomic E-state index is -3.48. The minimum Gasteiger partial charge on any atom is -0.442 e. The molecule has 246 valence electrons. The minimum absolute atomic E-state index is 0.0221. The van der Waals surface area contributed by atoms with E-state index in [4.69, 9.17) is 4.74 Å². The van der Waals surface area contributed by atoms with Gasteiger partial charge in [0.1, 0.15) is 24.0 Å². The van der Waals surface area contributed by atoms with Crippen LogP contribution in [0.3, 0.4) is 0 Å². The summed E-state index contributed by atoms with van der Waals surface area (Å²) in [6, 6.07) is 11.6. The normalized spacial score (nSPS) is 21.7. The second kappa shape index (κ2) is 11.1. The Labute approximate surface area is 270 Å². The van der Waals surface area contributed by atoms with Gasteiger partial charge in [-0.15, -0.1) is 0 Å². The number of nitrogens with one attached hydrogen (secondary N) is 2. The van der Waals surface area contributed by atoms with Gasteiger partial charge in [-0.1, -0.05) is 19.1 Å². The van der Waals surface area contributed by atoms with Gasteiger partial charge in [-0.3, -0.25) is 23.6 Å². The van der Waals surface area contributed by atoms with Gasteiger partial charge >= 0.3 is 11.8 Å². The van der Waals surface area contributed by atoms with Gasteiger partial charge in [0.15, 0.2) is 11.6 Å². The van der Waals surface area contributed by atoms with Gasteiger partial charge in [-0.2, -0.15) is 5.26 Å². The molecular weight excluding hydrogens is 633 g/mol. The first-order valence-electron chi connectivity index (χ1n) is 15.0. The number of cyclic esters (lactones) is 1. The van der Waals surface area contributed by atoms with E-state index in [9.17, 15) is 24.4 Å². The lowest BCUT2D eigenvalue weighted by molar-refractivity contribution is -0.111. The second-order valence-corrected chi connectivity index (χ2v) is 12.0. The maximum atomic E-state index is 15.7. The Balaban J connectivity index is 1.22. The number of alkyl carbamates (subject to hydrolysis) is 1. The summed E-state index contributed by atoms with van der Waals surface area (Å²) in [7, 11) is 1.58. The van der Waals surface area contributed by atoms with Gasteiger partial charge in [0, 0.05) is 31.7 Å².